The van der Waals surface area contributed by atoms with Gasteiger partial charge in [0.1, 0.15) is 10.4 Å². The highest BCUT2D eigenvalue weighted by Gasteiger charge is 2.20. The monoisotopic (exact) mass is 279 g/mol. The Morgan fingerprint density at radius 2 is 2.38 bits per heavy atom. The minimum absolute atomic E-state index is 0.749. The van der Waals surface area contributed by atoms with Gasteiger partial charge in [-0.05, 0) is 59.6 Å². The molecule has 3 heterocycles. The molecule has 0 aromatic carbocycles. The van der Waals surface area contributed by atoms with Gasteiger partial charge in [-0.25, -0.2) is 4.98 Å². The number of nitrogens with one attached hydrogen (secondary N) is 1. The van der Waals surface area contributed by atoms with Crippen LogP contribution in [-0.2, 0) is 6.42 Å². The van der Waals surface area contributed by atoms with Gasteiger partial charge in [0.2, 0.25) is 0 Å². The van der Waals surface area contributed by atoms with Crippen molar-refractivity contribution in [3.8, 4) is 0 Å². The molecule has 16 heavy (non-hydrogen) atoms. The Morgan fingerprint density at radius 3 is 3.06 bits per heavy atom. The van der Waals surface area contributed by atoms with Gasteiger partial charge in [0, 0.05) is 12.6 Å². The van der Waals surface area contributed by atoms with Crippen molar-refractivity contribution in [3.05, 3.63) is 34.3 Å². The van der Waals surface area contributed by atoms with Gasteiger partial charge in [-0.15, -0.1) is 0 Å². The fourth-order valence-electron chi connectivity index (χ4n) is 2.11. The Hall–Kier alpha value is -0.870. The molecule has 0 unspecified atom stereocenters. The highest BCUT2D eigenvalue weighted by molar-refractivity contribution is 9.10. The van der Waals surface area contributed by atoms with E-state index in [1.807, 2.05) is 0 Å². The first-order valence-corrected chi connectivity index (χ1v) is 6.37. The Morgan fingerprint density at radius 1 is 1.56 bits per heavy atom. The van der Waals surface area contributed by atoms with Gasteiger partial charge in [0.25, 0.3) is 0 Å². The van der Waals surface area contributed by atoms with E-state index in [1.54, 1.807) is 0 Å². The van der Waals surface area contributed by atoms with E-state index < -0.39 is 0 Å². The number of fused-ring (bicyclic) bond motifs is 1. The Balaban J connectivity index is 2.03. The maximum absolute atomic E-state index is 4.60. The van der Waals surface area contributed by atoms with E-state index in [2.05, 4.69) is 55.9 Å². The molecule has 1 fully saturated rings. The summed E-state index contributed by atoms with van der Waals surface area (Å²) in [5, 5.41) is 3.30. The molecule has 0 saturated carbocycles. The molecule has 0 radical (unpaired) electrons. The third-order valence-corrected chi connectivity index (χ3v) is 3.75. The van der Waals surface area contributed by atoms with Crippen molar-refractivity contribution in [2.24, 2.45) is 5.92 Å². The fourth-order valence-corrected chi connectivity index (χ4v) is 2.62. The van der Waals surface area contributed by atoms with Crippen LogP contribution in [-0.4, -0.2) is 22.5 Å². The summed E-state index contributed by atoms with van der Waals surface area (Å²) in [5.41, 5.74) is 2.44. The average molecular weight is 280 g/mol. The lowest BCUT2D eigenvalue weighted by molar-refractivity contribution is 0.340. The van der Waals surface area contributed by atoms with Gasteiger partial charge in [-0.1, -0.05) is 0 Å². The molecule has 1 saturated heterocycles. The maximum atomic E-state index is 4.60. The molecule has 0 aliphatic carbocycles. The summed E-state index contributed by atoms with van der Waals surface area (Å²) in [4.78, 5) is 4.60. The zero-order chi connectivity index (χ0) is 11.1. The molecule has 4 heteroatoms. The number of rotatable bonds is 2. The van der Waals surface area contributed by atoms with E-state index in [-0.39, 0.29) is 0 Å². The van der Waals surface area contributed by atoms with Crippen molar-refractivity contribution in [2.45, 2.75) is 13.3 Å². The lowest BCUT2D eigenvalue weighted by Crippen LogP contribution is -2.43. The van der Waals surface area contributed by atoms with Gasteiger partial charge in [-0.3, -0.25) is 0 Å². The standard InChI is InChI=1S/C12H14BrN3/c1-8-2-3-16-10(4-8)12(13)15-11(16)5-9-6-14-7-9/h2-4,9,14H,5-7H2,1H3. The van der Waals surface area contributed by atoms with Crippen LogP contribution in [0.5, 0.6) is 0 Å². The van der Waals surface area contributed by atoms with Gasteiger partial charge < -0.3 is 9.72 Å². The average Bonchev–Trinajstić information content (AvgIpc) is 2.50. The number of imidazole rings is 1. The first kappa shape index (κ1) is 10.3. The van der Waals surface area contributed by atoms with E-state index >= 15 is 0 Å². The Labute approximate surface area is 103 Å². The van der Waals surface area contributed by atoms with Crippen molar-refractivity contribution in [3.63, 3.8) is 0 Å². The van der Waals surface area contributed by atoms with Crippen LogP contribution in [0.2, 0.25) is 0 Å². The third-order valence-electron chi connectivity index (χ3n) is 3.16. The van der Waals surface area contributed by atoms with Crippen LogP contribution >= 0.6 is 15.9 Å². The molecule has 0 bridgehead atoms. The van der Waals surface area contributed by atoms with Crippen LogP contribution in [0.4, 0.5) is 0 Å². The second kappa shape index (κ2) is 3.86. The van der Waals surface area contributed by atoms with E-state index in [4.69, 9.17) is 0 Å². The molecule has 1 aliphatic heterocycles. The van der Waals surface area contributed by atoms with Crippen molar-refractivity contribution >= 4 is 21.4 Å². The summed E-state index contributed by atoms with van der Waals surface area (Å²) >= 11 is 3.53. The molecule has 0 atom stereocenters. The van der Waals surface area contributed by atoms with E-state index in [9.17, 15) is 0 Å². The predicted molar refractivity (Wildman–Crippen MR) is 67.7 cm³/mol. The zero-order valence-corrected chi connectivity index (χ0v) is 10.8. The van der Waals surface area contributed by atoms with Crippen LogP contribution in [0.3, 0.4) is 0 Å². The normalized spacial score (nSPS) is 16.6. The summed E-state index contributed by atoms with van der Waals surface area (Å²) in [6.45, 7) is 4.35. The van der Waals surface area contributed by atoms with Crippen LogP contribution < -0.4 is 5.32 Å². The van der Waals surface area contributed by atoms with Gasteiger partial charge in [0.15, 0.2) is 0 Å². The van der Waals surface area contributed by atoms with Crippen LogP contribution in [0.25, 0.3) is 5.52 Å². The molecule has 0 amide bonds. The highest BCUT2D eigenvalue weighted by atomic mass is 79.9. The second-order valence-corrected chi connectivity index (χ2v) is 5.26. The van der Waals surface area contributed by atoms with Crippen LogP contribution in [0.1, 0.15) is 11.4 Å². The lowest BCUT2D eigenvalue weighted by Gasteiger charge is -2.26. The van der Waals surface area contributed by atoms with Crippen molar-refractivity contribution in [1.29, 1.82) is 0 Å². The fraction of sp³-hybridized carbons (Fsp3) is 0.417. The summed E-state index contributed by atoms with van der Waals surface area (Å²) in [6.07, 6.45) is 3.17. The Bertz CT molecular complexity index is 528. The number of nitrogens with zero attached hydrogens (tertiary/aromatic N) is 2. The quantitative estimate of drug-likeness (QED) is 0.913. The van der Waals surface area contributed by atoms with Gasteiger partial charge >= 0.3 is 0 Å². The highest BCUT2D eigenvalue weighted by Crippen LogP contribution is 2.22. The van der Waals surface area contributed by atoms with E-state index in [0.717, 1.165) is 35.9 Å². The second-order valence-electron chi connectivity index (χ2n) is 4.51. The topological polar surface area (TPSA) is 29.3 Å². The molecule has 1 aliphatic rings. The number of aryl methyl sites for hydroxylation is 1. The summed E-state index contributed by atoms with van der Waals surface area (Å²) in [6, 6.07) is 4.29. The molecule has 2 aromatic heterocycles. The molecule has 2 aromatic rings. The smallest absolute Gasteiger partial charge is 0.132 e. The number of pyridine rings is 1. The first-order chi connectivity index (χ1) is 7.74. The van der Waals surface area contributed by atoms with Crippen molar-refractivity contribution < 1.29 is 0 Å². The molecular formula is C12H14BrN3. The number of hydrogen-bond acceptors (Lipinski definition) is 2. The summed E-state index contributed by atoms with van der Waals surface area (Å²) in [5.74, 6) is 1.91. The molecule has 3 nitrogen and oxygen atoms in total. The molecule has 1 N–H and O–H groups in total. The van der Waals surface area contributed by atoms with Crippen molar-refractivity contribution in [2.75, 3.05) is 13.1 Å². The first-order valence-electron chi connectivity index (χ1n) is 5.58. The molecule has 0 spiro atoms. The number of aromatic nitrogens is 2. The molecule has 84 valence electrons. The van der Waals surface area contributed by atoms with Gasteiger partial charge in [0.05, 0.1) is 5.52 Å². The van der Waals surface area contributed by atoms with E-state index in [1.165, 1.54) is 11.1 Å². The van der Waals surface area contributed by atoms with Crippen LogP contribution in [0, 0.1) is 12.8 Å². The predicted octanol–water partition coefficient (Wildman–Crippen LogP) is 2.17. The Kier molecular flexibility index (Phi) is 2.48. The minimum Gasteiger partial charge on any atom is -0.316 e. The number of hydrogen-bond donors (Lipinski definition) is 1. The number of halogens is 1. The molecule has 3 rings (SSSR count). The third kappa shape index (κ3) is 1.66. The summed E-state index contributed by atoms with van der Waals surface area (Å²) in [7, 11) is 0. The SMILES string of the molecule is Cc1ccn2c(CC3CNC3)nc(Br)c2c1. The lowest BCUT2D eigenvalue weighted by atomic mass is 9.99. The molecular weight excluding hydrogens is 266 g/mol. The minimum atomic E-state index is 0.749. The zero-order valence-electron chi connectivity index (χ0n) is 9.20. The maximum Gasteiger partial charge on any atom is 0.132 e. The largest absolute Gasteiger partial charge is 0.316 e. The summed E-state index contributed by atoms with van der Waals surface area (Å²) < 4.78 is 3.15. The van der Waals surface area contributed by atoms with Crippen LogP contribution in [0.15, 0.2) is 22.9 Å². The van der Waals surface area contributed by atoms with Crippen molar-refractivity contribution in [1.82, 2.24) is 14.7 Å². The van der Waals surface area contributed by atoms with Gasteiger partial charge in [-0.2, -0.15) is 0 Å². The van der Waals surface area contributed by atoms with E-state index in [0.29, 0.717) is 0 Å².